The number of hydrogen-bond acceptors (Lipinski definition) is 2. The lowest BCUT2D eigenvalue weighted by Crippen LogP contribution is -2.47. The van der Waals surface area contributed by atoms with E-state index < -0.39 is 0 Å². The van der Waals surface area contributed by atoms with E-state index in [0.717, 1.165) is 32.4 Å². The summed E-state index contributed by atoms with van der Waals surface area (Å²) >= 11 is 0. The Balaban J connectivity index is 1.63. The smallest absolute Gasteiger partial charge is 0.270 e. The summed E-state index contributed by atoms with van der Waals surface area (Å²) in [4.78, 5) is 20.4. The SMILES string of the molecule is CN1CCC[C@H]1[C@H]1CCCN1C(=O)c1cc2c(F)cccc2[nH]1. The highest BCUT2D eigenvalue weighted by Gasteiger charge is 2.38. The van der Waals surface area contributed by atoms with E-state index in [4.69, 9.17) is 0 Å². The number of nitrogens with zero attached hydrogens (tertiary/aromatic N) is 2. The summed E-state index contributed by atoms with van der Waals surface area (Å²) in [7, 11) is 2.15. The van der Waals surface area contributed by atoms with Gasteiger partial charge >= 0.3 is 0 Å². The van der Waals surface area contributed by atoms with Crippen molar-refractivity contribution in [1.82, 2.24) is 14.8 Å². The van der Waals surface area contributed by atoms with Gasteiger partial charge in [0.25, 0.3) is 5.91 Å². The zero-order valence-electron chi connectivity index (χ0n) is 13.4. The van der Waals surface area contributed by atoms with Crippen LogP contribution >= 0.6 is 0 Å². The molecule has 4 nitrogen and oxygen atoms in total. The number of carbonyl (C=O) groups excluding carboxylic acids is 1. The molecule has 2 aliphatic rings. The zero-order chi connectivity index (χ0) is 16.0. The Morgan fingerprint density at radius 3 is 2.74 bits per heavy atom. The normalized spacial score (nSPS) is 25.6. The summed E-state index contributed by atoms with van der Waals surface area (Å²) in [5.74, 6) is -0.283. The molecule has 0 bridgehead atoms. The highest BCUT2D eigenvalue weighted by Crippen LogP contribution is 2.30. The van der Waals surface area contributed by atoms with E-state index in [9.17, 15) is 9.18 Å². The summed E-state index contributed by atoms with van der Waals surface area (Å²) in [5.41, 5.74) is 1.18. The van der Waals surface area contributed by atoms with Gasteiger partial charge in [-0.1, -0.05) is 6.07 Å². The Kier molecular flexibility index (Phi) is 3.60. The molecule has 0 spiro atoms. The monoisotopic (exact) mass is 315 g/mol. The van der Waals surface area contributed by atoms with E-state index in [1.807, 2.05) is 4.90 Å². The molecular weight excluding hydrogens is 293 g/mol. The second-order valence-electron chi connectivity index (χ2n) is 6.78. The van der Waals surface area contributed by atoms with Crippen LogP contribution in [0.15, 0.2) is 24.3 Å². The number of H-pyrrole nitrogens is 1. The predicted molar refractivity (Wildman–Crippen MR) is 88.0 cm³/mol. The lowest BCUT2D eigenvalue weighted by atomic mass is 10.0. The molecule has 0 unspecified atom stereocenters. The van der Waals surface area contributed by atoms with Gasteiger partial charge in [-0.25, -0.2) is 4.39 Å². The minimum Gasteiger partial charge on any atom is -0.350 e. The number of halogens is 1. The van der Waals surface area contributed by atoms with Gasteiger partial charge in [0, 0.05) is 29.5 Å². The number of hydrogen-bond donors (Lipinski definition) is 1. The van der Waals surface area contributed by atoms with Crippen molar-refractivity contribution in [3.05, 3.63) is 35.8 Å². The highest BCUT2D eigenvalue weighted by molar-refractivity contribution is 5.98. The van der Waals surface area contributed by atoms with Gasteiger partial charge in [0.05, 0.1) is 0 Å². The Morgan fingerprint density at radius 2 is 2.00 bits per heavy atom. The van der Waals surface area contributed by atoms with Crippen LogP contribution in [0.1, 0.15) is 36.2 Å². The van der Waals surface area contributed by atoms with Gasteiger partial charge < -0.3 is 14.8 Å². The van der Waals surface area contributed by atoms with Crippen LogP contribution in [0.3, 0.4) is 0 Å². The average Bonchev–Trinajstić information content (AvgIpc) is 3.24. The van der Waals surface area contributed by atoms with Crippen LogP contribution in [-0.4, -0.2) is 52.9 Å². The molecule has 0 radical (unpaired) electrons. The van der Waals surface area contributed by atoms with Crippen molar-refractivity contribution in [3.8, 4) is 0 Å². The summed E-state index contributed by atoms with van der Waals surface area (Å²) in [6.45, 7) is 1.91. The standard InChI is InChI=1S/C18H22FN3O/c1-21-9-3-7-16(21)17-8-4-10-22(17)18(23)15-11-12-13(19)5-2-6-14(12)20-15/h2,5-6,11,16-17,20H,3-4,7-10H2,1H3/t16-,17+/m0/s1. The van der Waals surface area contributed by atoms with Gasteiger partial charge in [-0.3, -0.25) is 4.79 Å². The van der Waals surface area contributed by atoms with E-state index in [2.05, 4.69) is 16.9 Å². The third-order valence-electron chi connectivity index (χ3n) is 5.42. The number of carbonyl (C=O) groups is 1. The number of benzene rings is 1. The van der Waals surface area contributed by atoms with Crippen LogP contribution in [0.4, 0.5) is 4.39 Å². The maximum Gasteiger partial charge on any atom is 0.270 e. The highest BCUT2D eigenvalue weighted by atomic mass is 19.1. The first-order valence-electron chi connectivity index (χ1n) is 8.43. The predicted octanol–water partition coefficient (Wildman–Crippen LogP) is 3.01. The number of rotatable bonds is 2. The molecule has 4 rings (SSSR count). The molecule has 0 aliphatic carbocycles. The largest absolute Gasteiger partial charge is 0.350 e. The van der Waals surface area contributed by atoms with E-state index in [1.54, 1.807) is 18.2 Å². The van der Waals surface area contributed by atoms with Crippen molar-refractivity contribution < 1.29 is 9.18 Å². The van der Waals surface area contributed by atoms with Gasteiger partial charge in [-0.15, -0.1) is 0 Å². The number of nitrogens with one attached hydrogen (secondary N) is 1. The molecule has 2 saturated heterocycles. The molecule has 23 heavy (non-hydrogen) atoms. The lowest BCUT2D eigenvalue weighted by molar-refractivity contribution is 0.0659. The van der Waals surface area contributed by atoms with Crippen molar-refractivity contribution in [3.63, 3.8) is 0 Å². The fourth-order valence-corrected chi connectivity index (χ4v) is 4.26. The van der Waals surface area contributed by atoms with Gasteiger partial charge in [-0.05, 0) is 57.5 Å². The molecule has 2 aromatic rings. The third kappa shape index (κ3) is 2.43. The molecule has 1 aromatic heterocycles. The first kappa shape index (κ1) is 14.7. The average molecular weight is 315 g/mol. The van der Waals surface area contributed by atoms with Crippen LogP contribution in [0.25, 0.3) is 10.9 Å². The maximum atomic E-state index is 13.9. The Bertz CT molecular complexity index is 741. The molecule has 1 N–H and O–H groups in total. The van der Waals surface area contributed by atoms with E-state index in [-0.39, 0.29) is 17.8 Å². The van der Waals surface area contributed by atoms with Crippen LogP contribution < -0.4 is 0 Å². The van der Waals surface area contributed by atoms with Crippen LogP contribution in [-0.2, 0) is 0 Å². The van der Waals surface area contributed by atoms with Crippen LogP contribution in [0.2, 0.25) is 0 Å². The Hall–Kier alpha value is -1.88. The molecule has 1 amide bonds. The first-order chi connectivity index (χ1) is 11.1. The molecule has 5 heteroatoms. The van der Waals surface area contributed by atoms with Crippen molar-refractivity contribution in [1.29, 1.82) is 0 Å². The number of aromatic nitrogens is 1. The molecule has 2 aliphatic heterocycles. The number of fused-ring (bicyclic) bond motifs is 1. The fraction of sp³-hybridized carbons (Fsp3) is 0.500. The number of likely N-dealkylation sites (N-methyl/N-ethyl adjacent to an activating group) is 1. The minimum atomic E-state index is -0.286. The molecule has 2 fully saturated rings. The molecule has 122 valence electrons. The maximum absolute atomic E-state index is 13.9. The first-order valence-corrected chi connectivity index (χ1v) is 8.43. The van der Waals surface area contributed by atoms with Crippen LogP contribution in [0, 0.1) is 5.82 Å². The van der Waals surface area contributed by atoms with E-state index in [0.29, 0.717) is 22.6 Å². The zero-order valence-corrected chi connectivity index (χ0v) is 13.4. The molecule has 1 aromatic carbocycles. The van der Waals surface area contributed by atoms with Crippen molar-refractivity contribution in [2.24, 2.45) is 0 Å². The number of likely N-dealkylation sites (tertiary alicyclic amines) is 2. The quantitative estimate of drug-likeness (QED) is 0.925. The van der Waals surface area contributed by atoms with Gasteiger partial charge in [0.2, 0.25) is 0 Å². The second kappa shape index (κ2) is 5.64. The molecule has 0 saturated carbocycles. The number of amides is 1. The van der Waals surface area contributed by atoms with Gasteiger partial charge in [-0.2, -0.15) is 0 Å². The van der Waals surface area contributed by atoms with E-state index >= 15 is 0 Å². The van der Waals surface area contributed by atoms with E-state index in [1.165, 1.54) is 12.5 Å². The molecule has 3 heterocycles. The Morgan fingerprint density at radius 1 is 1.22 bits per heavy atom. The van der Waals surface area contributed by atoms with Gasteiger partial charge in [0.15, 0.2) is 0 Å². The van der Waals surface area contributed by atoms with Crippen LogP contribution in [0.5, 0.6) is 0 Å². The van der Waals surface area contributed by atoms with Crippen molar-refractivity contribution in [2.75, 3.05) is 20.1 Å². The Labute approximate surface area is 135 Å². The lowest BCUT2D eigenvalue weighted by Gasteiger charge is -2.33. The molecule has 2 atom stereocenters. The number of aromatic amines is 1. The van der Waals surface area contributed by atoms with Gasteiger partial charge in [0.1, 0.15) is 11.5 Å². The van der Waals surface area contributed by atoms with Crippen molar-refractivity contribution in [2.45, 2.75) is 37.8 Å². The topological polar surface area (TPSA) is 39.3 Å². The summed E-state index contributed by atoms with van der Waals surface area (Å²) < 4.78 is 13.9. The molecular formula is C18H22FN3O. The second-order valence-corrected chi connectivity index (χ2v) is 6.78. The summed E-state index contributed by atoms with van der Waals surface area (Å²) in [5, 5.41) is 0.490. The third-order valence-corrected chi connectivity index (χ3v) is 5.42. The van der Waals surface area contributed by atoms with Crippen molar-refractivity contribution >= 4 is 16.8 Å². The fourth-order valence-electron chi connectivity index (χ4n) is 4.26. The summed E-state index contributed by atoms with van der Waals surface area (Å²) in [6, 6.07) is 7.29. The summed E-state index contributed by atoms with van der Waals surface area (Å²) in [6.07, 6.45) is 4.48. The minimum absolute atomic E-state index is 0.00315.